The Labute approximate surface area is 118 Å². The second-order valence-electron chi connectivity index (χ2n) is 6.10. The highest BCUT2D eigenvalue weighted by Crippen LogP contribution is 2.32. The largest absolute Gasteiger partial charge is 0.509 e. The van der Waals surface area contributed by atoms with Gasteiger partial charge in [-0.25, -0.2) is 4.79 Å². The third kappa shape index (κ3) is 2.90. The van der Waals surface area contributed by atoms with E-state index in [1.165, 1.54) is 0 Å². The number of piperidine rings is 2. The van der Waals surface area contributed by atoms with Crippen LogP contribution < -0.4 is 5.32 Å². The summed E-state index contributed by atoms with van der Waals surface area (Å²) >= 11 is 0. The lowest BCUT2D eigenvalue weighted by atomic mass is 9.90. The maximum atomic E-state index is 12.3. The van der Waals surface area contributed by atoms with E-state index in [1.807, 2.05) is 4.90 Å². The molecule has 0 saturated carbocycles. The van der Waals surface area contributed by atoms with E-state index in [0.29, 0.717) is 44.9 Å². The maximum Gasteiger partial charge on any atom is 0.509 e. The Morgan fingerprint density at radius 3 is 2.60 bits per heavy atom. The molecule has 1 amide bonds. The molecule has 3 aliphatic rings. The van der Waals surface area contributed by atoms with Crippen molar-refractivity contribution >= 4 is 12.1 Å². The number of carbonyl (C=O) groups excluding carboxylic acids is 2. The van der Waals surface area contributed by atoms with E-state index >= 15 is 0 Å². The van der Waals surface area contributed by atoms with Gasteiger partial charge in [0.1, 0.15) is 6.61 Å². The average Bonchev–Trinajstić information content (AvgIpc) is 2.81. The monoisotopic (exact) mass is 282 g/mol. The second kappa shape index (κ2) is 5.60. The van der Waals surface area contributed by atoms with Crippen LogP contribution in [-0.4, -0.2) is 55.3 Å². The third-order valence-corrected chi connectivity index (χ3v) is 4.70. The van der Waals surface area contributed by atoms with Crippen LogP contribution in [0.3, 0.4) is 0 Å². The molecule has 3 rings (SSSR count). The minimum atomic E-state index is -0.570. The number of carbonyl (C=O) groups is 2. The SMILES string of the molecule is O=C1OCC2(CCN(C(=O)CC3CCNCC3)CC2)O1. The van der Waals surface area contributed by atoms with Crippen LogP contribution in [0.2, 0.25) is 0 Å². The van der Waals surface area contributed by atoms with Crippen LogP contribution in [-0.2, 0) is 14.3 Å². The van der Waals surface area contributed by atoms with Crippen molar-refractivity contribution in [3.05, 3.63) is 0 Å². The molecule has 1 N–H and O–H groups in total. The number of hydrogen-bond donors (Lipinski definition) is 1. The standard InChI is InChI=1S/C14H22N2O4/c17-12(9-11-1-5-15-6-2-11)16-7-3-14(4-8-16)10-19-13(18)20-14/h11,15H,1-10H2. The van der Waals surface area contributed by atoms with Gasteiger partial charge in [0.2, 0.25) is 5.91 Å². The Morgan fingerprint density at radius 1 is 1.30 bits per heavy atom. The van der Waals surface area contributed by atoms with Crippen molar-refractivity contribution in [3.8, 4) is 0 Å². The van der Waals surface area contributed by atoms with Crippen molar-refractivity contribution in [2.24, 2.45) is 5.92 Å². The zero-order valence-corrected chi connectivity index (χ0v) is 11.7. The number of rotatable bonds is 2. The molecule has 3 fully saturated rings. The molecule has 0 bridgehead atoms. The Morgan fingerprint density at radius 2 is 2.00 bits per heavy atom. The van der Waals surface area contributed by atoms with Gasteiger partial charge in [0.15, 0.2) is 5.60 Å². The Bertz CT molecular complexity index is 385. The van der Waals surface area contributed by atoms with Crippen molar-refractivity contribution in [2.45, 2.75) is 37.7 Å². The maximum absolute atomic E-state index is 12.3. The summed E-state index contributed by atoms with van der Waals surface area (Å²) in [7, 11) is 0. The van der Waals surface area contributed by atoms with Gasteiger partial charge >= 0.3 is 6.16 Å². The number of nitrogens with one attached hydrogen (secondary N) is 1. The van der Waals surface area contributed by atoms with Crippen molar-refractivity contribution in [1.82, 2.24) is 10.2 Å². The highest BCUT2D eigenvalue weighted by atomic mass is 16.8. The zero-order valence-electron chi connectivity index (χ0n) is 11.7. The van der Waals surface area contributed by atoms with Crippen LogP contribution in [0.1, 0.15) is 32.1 Å². The lowest BCUT2D eigenvalue weighted by Gasteiger charge is -2.37. The third-order valence-electron chi connectivity index (χ3n) is 4.70. The molecule has 0 radical (unpaired) electrons. The molecule has 0 aromatic heterocycles. The predicted octanol–water partition coefficient (Wildman–Crippen LogP) is 0.904. The Kier molecular flexibility index (Phi) is 3.83. The number of ether oxygens (including phenoxy) is 2. The topological polar surface area (TPSA) is 67.9 Å². The summed E-state index contributed by atoms with van der Waals surface area (Å²) < 4.78 is 10.2. The molecule has 0 aromatic carbocycles. The molecule has 3 aliphatic heterocycles. The van der Waals surface area contributed by atoms with Crippen molar-refractivity contribution in [2.75, 3.05) is 32.8 Å². The fourth-order valence-corrected chi connectivity index (χ4v) is 3.30. The Hall–Kier alpha value is -1.30. The van der Waals surface area contributed by atoms with Crippen LogP contribution in [0.25, 0.3) is 0 Å². The van der Waals surface area contributed by atoms with Gasteiger partial charge < -0.3 is 19.7 Å². The van der Waals surface area contributed by atoms with Gasteiger partial charge in [-0.05, 0) is 31.8 Å². The van der Waals surface area contributed by atoms with Crippen molar-refractivity contribution in [3.63, 3.8) is 0 Å². The van der Waals surface area contributed by atoms with E-state index in [1.54, 1.807) is 0 Å². The first-order valence-electron chi connectivity index (χ1n) is 7.51. The fraction of sp³-hybridized carbons (Fsp3) is 0.857. The summed E-state index contributed by atoms with van der Waals surface area (Å²) in [6.45, 7) is 3.71. The summed E-state index contributed by atoms with van der Waals surface area (Å²) in [4.78, 5) is 25.3. The number of cyclic esters (lactones) is 1. The summed E-state index contributed by atoms with van der Waals surface area (Å²) in [6, 6.07) is 0. The number of nitrogens with zero attached hydrogens (tertiary/aromatic N) is 1. The van der Waals surface area contributed by atoms with E-state index in [4.69, 9.17) is 9.47 Å². The highest BCUT2D eigenvalue weighted by Gasteiger charge is 2.45. The van der Waals surface area contributed by atoms with Gasteiger partial charge in [0, 0.05) is 32.4 Å². The number of hydrogen-bond acceptors (Lipinski definition) is 5. The van der Waals surface area contributed by atoms with E-state index < -0.39 is 11.8 Å². The lowest BCUT2D eigenvalue weighted by Crippen LogP contribution is -2.48. The zero-order chi connectivity index (χ0) is 14.0. The quantitative estimate of drug-likeness (QED) is 0.762. The van der Waals surface area contributed by atoms with Crippen LogP contribution in [0.15, 0.2) is 0 Å². The Balaban J connectivity index is 1.47. The van der Waals surface area contributed by atoms with Crippen molar-refractivity contribution in [1.29, 1.82) is 0 Å². The number of likely N-dealkylation sites (tertiary alicyclic amines) is 1. The number of amides is 1. The molecule has 0 unspecified atom stereocenters. The molecule has 0 aromatic rings. The van der Waals surface area contributed by atoms with Gasteiger partial charge in [0.25, 0.3) is 0 Å². The molecule has 1 spiro atoms. The van der Waals surface area contributed by atoms with E-state index in [0.717, 1.165) is 25.9 Å². The van der Waals surface area contributed by atoms with E-state index in [9.17, 15) is 9.59 Å². The van der Waals surface area contributed by atoms with Gasteiger partial charge in [-0.2, -0.15) is 0 Å². The first-order valence-corrected chi connectivity index (χ1v) is 7.51. The summed E-state index contributed by atoms with van der Waals surface area (Å²) in [5.74, 6) is 0.768. The summed E-state index contributed by atoms with van der Waals surface area (Å²) in [6.07, 6.45) is 3.65. The minimum Gasteiger partial charge on any atom is -0.430 e. The molecule has 3 heterocycles. The molecule has 0 aliphatic carbocycles. The van der Waals surface area contributed by atoms with Gasteiger partial charge in [-0.1, -0.05) is 0 Å². The summed E-state index contributed by atoms with van der Waals surface area (Å²) in [5, 5.41) is 3.32. The normalized spacial score (nSPS) is 26.4. The predicted molar refractivity (Wildman–Crippen MR) is 71.2 cm³/mol. The molecule has 3 saturated heterocycles. The van der Waals surface area contributed by atoms with Crippen LogP contribution in [0, 0.1) is 5.92 Å². The van der Waals surface area contributed by atoms with Crippen LogP contribution in [0.5, 0.6) is 0 Å². The fourth-order valence-electron chi connectivity index (χ4n) is 3.30. The van der Waals surface area contributed by atoms with Gasteiger partial charge in [-0.15, -0.1) is 0 Å². The molecule has 6 heteroatoms. The molecule has 112 valence electrons. The molecule has 20 heavy (non-hydrogen) atoms. The first kappa shape index (κ1) is 13.7. The molecule has 0 atom stereocenters. The highest BCUT2D eigenvalue weighted by molar-refractivity contribution is 5.76. The second-order valence-corrected chi connectivity index (χ2v) is 6.10. The lowest BCUT2D eigenvalue weighted by molar-refractivity contribution is -0.135. The van der Waals surface area contributed by atoms with Crippen LogP contribution in [0.4, 0.5) is 4.79 Å². The van der Waals surface area contributed by atoms with Gasteiger partial charge in [-0.3, -0.25) is 4.79 Å². The first-order chi connectivity index (χ1) is 9.67. The van der Waals surface area contributed by atoms with Crippen LogP contribution >= 0.6 is 0 Å². The van der Waals surface area contributed by atoms with E-state index in [2.05, 4.69) is 5.32 Å². The molecular weight excluding hydrogens is 260 g/mol. The molecular formula is C14H22N2O4. The van der Waals surface area contributed by atoms with Gasteiger partial charge in [0.05, 0.1) is 0 Å². The smallest absolute Gasteiger partial charge is 0.430 e. The van der Waals surface area contributed by atoms with Crippen molar-refractivity contribution < 1.29 is 19.1 Å². The minimum absolute atomic E-state index is 0.247. The summed E-state index contributed by atoms with van der Waals surface area (Å²) in [5.41, 5.74) is -0.470. The molecule has 6 nitrogen and oxygen atoms in total. The average molecular weight is 282 g/mol. The van der Waals surface area contributed by atoms with E-state index in [-0.39, 0.29) is 5.91 Å².